The summed E-state index contributed by atoms with van der Waals surface area (Å²) in [5.74, 6) is 0.731. The van der Waals surface area contributed by atoms with Gasteiger partial charge in [-0.3, -0.25) is 14.9 Å². The van der Waals surface area contributed by atoms with E-state index in [-0.39, 0.29) is 5.24 Å². The third-order valence-electron chi connectivity index (χ3n) is 3.44. The number of methoxy groups -OCH3 is 1. The third kappa shape index (κ3) is 4.35. The standard InChI is InChI=1S/C18H14ClNO4S/c1-23-15-8-12(9-16-17(21)20-18(22)25-16)4-7-14(15)24-10-11-2-5-13(19)6-3-11/h2-9H,10H2,1H3,(H,20,21,22). The van der Waals surface area contributed by atoms with Gasteiger partial charge in [-0.15, -0.1) is 0 Å². The highest BCUT2D eigenvalue weighted by atomic mass is 35.5. The highest BCUT2D eigenvalue weighted by Gasteiger charge is 2.25. The maximum absolute atomic E-state index is 11.6. The van der Waals surface area contributed by atoms with Crippen molar-refractivity contribution in [3.05, 3.63) is 63.5 Å². The van der Waals surface area contributed by atoms with Crippen LogP contribution in [0.2, 0.25) is 5.02 Å². The molecular weight excluding hydrogens is 362 g/mol. The molecule has 1 fully saturated rings. The Balaban J connectivity index is 1.75. The van der Waals surface area contributed by atoms with Gasteiger partial charge < -0.3 is 9.47 Å². The van der Waals surface area contributed by atoms with Crippen LogP contribution in [0.5, 0.6) is 11.5 Å². The largest absolute Gasteiger partial charge is 0.493 e. The Labute approximate surface area is 154 Å². The molecule has 2 aromatic carbocycles. The van der Waals surface area contributed by atoms with E-state index >= 15 is 0 Å². The molecule has 1 aliphatic rings. The molecule has 128 valence electrons. The van der Waals surface area contributed by atoms with Gasteiger partial charge in [0.1, 0.15) is 6.61 Å². The zero-order valence-electron chi connectivity index (χ0n) is 13.2. The molecular formula is C18H14ClNO4S. The molecule has 25 heavy (non-hydrogen) atoms. The topological polar surface area (TPSA) is 64.6 Å². The maximum atomic E-state index is 11.6. The lowest BCUT2D eigenvalue weighted by Crippen LogP contribution is -2.17. The van der Waals surface area contributed by atoms with Crippen molar-refractivity contribution in [2.45, 2.75) is 6.61 Å². The second kappa shape index (κ2) is 7.63. The minimum atomic E-state index is -0.392. The molecule has 1 saturated heterocycles. The molecule has 0 unspecified atom stereocenters. The van der Waals surface area contributed by atoms with Gasteiger partial charge in [-0.1, -0.05) is 29.8 Å². The first-order valence-electron chi connectivity index (χ1n) is 7.35. The second-order valence-electron chi connectivity index (χ2n) is 5.18. The Morgan fingerprint density at radius 2 is 1.88 bits per heavy atom. The van der Waals surface area contributed by atoms with E-state index in [1.165, 1.54) is 0 Å². The molecule has 0 aromatic heterocycles. The first-order valence-corrected chi connectivity index (χ1v) is 8.55. The molecule has 3 rings (SSSR count). The molecule has 1 aliphatic heterocycles. The summed E-state index contributed by atoms with van der Waals surface area (Å²) < 4.78 is 11.1. The lowest BCUT2D eigenvalue weighted by molar-refractivity contribution is -0.115. The molecule has 0 spiro atoms. The number of rotatable bonds is 5. The average molecular weight is 376 g/mol. The van der Waals surface area contributed by atoms with Crippen molar-refractivity contribution < 1.29 is 19.1 Å². The highest BCUT2D eigenvalue weighted by molar-refractivity contribution is 8.18. The van der Waals surface area contributed by atoms with Crippen LogP contribution in [0.4, 0.5) is 4.79 Å². The Kier molecular flexibility index (Phi) is 5.31. The fourth-order valence-corrected chi connectivity index (χ4v) is 3.02. The maximum Gasteiger partial charge on any atom is 0.290 e. The van der Waals surface area contributed by atoms with Gasteiger partial charge in [-0.05, 0) is 53.2 Å². The van der Waals surface area contributed by atoms with Crippen LogP contribution in [0.15, 0.2) is 47.4 Å². The van der Waals surface area contributed by atoms with E-state index in [2.05, 4.69) is 5.32 Å². The molecule has 0 saturated carbocycles. The van der Waals surface area contributed by atoms with Crippen LogP contribution >= 0.6 is 23.4 Å². The minimum Gasteiger partial charge on any atom is -0.493 e. The SMILES string of the molecule is COc1cc(C=C2SC(=O)NC2=O)ccc1OCc1ccc(Cl)cc1. The average Bonchev–Trinajstić information content (AvgIpc) is 2.92. The van der Waals surface area contributed by atoms with E-state index in [4.69, 9.17) is 21.1 Å². The first-order chi connectivity index (χ1) is 12.0. The van der Waals surface area contributed by atoms with Crippen LogP contribution < -0.4 is 14.8 Å². The smallest absolute Gasteiger partial charge is 0.290 e. The number of hydrogen-bond acceptors (Lipinski definition) is 5. The first kappa shape index (κ1) is 17.4. The molecule has 2 aromatic rings. The Bertz CT molecular complexity index is 849. The summed E-state index contributed by atoms with van der Waals surface area (Å²) in [6.45, 7) is 0.376. The zero-order valence-corrected chi connectivity index (χ0v) is 14.8. The number of thioether (sulfide) groups is 1. The Morgan fingerprint density at radius 1 is 1.12 bits per heavy atom. The fraction of sp³-hybridized carbons (Fsp3) is 0.111. The highest BCUT2D eigenvalue weighted by Crippen LogP contribution is 2.32. The van der Waals surface area contributed by atoms with Crippen molar-refractivity contribution in [2.75, 3.05) is 7.11 Å². The van der Waals surface area contributed by atoms with E-state index in [1.807, 2.05) is 12.1 Å². The van der Waals surface area contributed by atoms with Crippen molar-refractivity contribution in [1.29, 1.82) is 0 Å². The minimum absolute atomic E-state index is 0.349. The lowest BCUT2D eigenvalue weighted by Gasteiger charge is -2.11. The number of benzene rings is 2. The molecule has 0 aliphatic carbocycles. The Morgan fingerprint density at radius 3 is 2.52 bits per heavy atom. The molecule has 1 heterocycles. The molecule has 0 atom stereocenters. The van der Waals surface area contributed by atoms with Gasteiger partial charge in [0.25, 0.3) is 11.1 Å². The molecule has 5 nitrogen and oxygen atoms in total. The van der Waals surface area contributed by atoms with Crippen LogP contribution in [-0.2, 0) is 11.4 Å². The molecule has 1 N–H and O–H groups in total. The van der Waals surface area contributed by atoms with E-state index in [0.717, 1.165) is 22.9 Å². The monoisotopic (exact) mass is 375 g/mol. The number of ether oxygens (including phenoxy) is 2. The Hall–Kier alpha value is -2.44. The van der Waals surface area contributed by atoms with E-state index in [0.29, 0.717) is 28.0 Å². The molecule has 2 amide bonds. The normalized spacial score (nSPS) is 15.4. The van der Waals surface area contributed by atoms with Gasteiger partial charge in [0.15, 0.2) is 11.5 Å². The van der Waals surface area contributed by atoms with Crippen LogP contribution in [0, 0.1) is 0 Å². The molecule has 0 radical (unpaired) electrons. The number of carbonyl (C=O) groups excluding carboxylic acids is 2. The van der Waals surface area contributed by atoms with Gasteiger partial charge in [-0.2, -0.15) is 0 Å². The number of nitrogens with one attached hydrogen (secondary N) is 1. The zero-order chi connectivity index (χ0) is 17.8. The second-order valence-corrected chi connectivity index (χ2v) is 6.63. The van der Waals surface area contributed by atoms with Crippen LogP contribution in [0.3, 0.4) is 0 Å². The van der Waals surface area contributed by atoms with E-state index in [9.17, 15) is 9.59 Å². The fourth-order valence-electron chi connectivity index (χ4n) is 2.21. The van der Waals surface area contributed by atoms with Crippen molar-refractivity contribution >= 4 is 40.6 Å². The van der Waals surface area contributed by atoms with Gasteiger partial charge in [0.2, 0.25) is 0 Å². The summed E-state index contributed by atoms with van der Waals surface area (Å²) in [5, 5.41) is 2.52. The predicted octanol–water partition coefficient (Wildman–Crippen LogP) is 4.25. The van der Waals surface area contributed by atoms with Crippen LogP contribution in [0.1, 0.15) is 11.1 Å². The summed E-state index contributed by atoms with van der Waals surface area (Å²) in [5.41, 5.74) is 1.72. The van der Waals surface area contributed by atoms with Gasteiger partial charge in [0, 0.05) is 5.02 Å². The summed E-state index contributed by atoms with van der Waals surface area (Å²) in [6.07, 6.45) is 1.64. The number of hydrogen-bond donors (Lipinski definition) is 1. The number of imide groups is 1. The van der Waals surface area contributed by atoms with Crippen molar-refractivity contribution in [2.24, 2.45) is 0 Å². The van der Waals surface area contributed by atoms with Crippen molar-refractivity contribution in [3.8, 4) is 11.5 Å². The third-order valence-corrected chi connectivity index (χ3v) is 4.50. The number of amides is 2. The summed E-state index contributed by atoms with van der Waals surface area (Å²) in [6, 6.07) is 12.7. The summed E-state index contributed by atoms with van der Waals surface area (Å²) in [4.78, 5) is 23.2. The summed E-state index contributed by atoms with van der Waals surface area (Å²) in [7, 11) is 1.54. The van der Waals surface area contributed by atoms with E-state index < -0.39 is 5.91 Å². The van der Waals surface area contributed by atoms with Crippen molar-refractivity contribution in [1.82, 2.24) is 5.32 Å². The van der Waals surface area contributed by atoms with Crippen LogP contribution in [-0.4, -0.2) is 18.3 Å². The van der Waals surface area contributed by atoms with Gasteiger partial charge in [0.05, 0.1) is 12.0 Å². The predicted molar refractivity (Wildman–Crippen MR) is 97.9 cm³/mol. The molecule has 0 bridgehead atoms. The van der Waals surface area contributed by atoms with Crippen molar-refractivity contribution in [3.63, 3.8) is 0 Å². The van der Waals surface area contributed by atoms with Gasteiger partial charge in [-0.25, -0.2) is 0 Å². The van der Waals surface area contributed by atoms with E-state index in [1.54, 1.807) is 43.5 Å². The number of carbonyl (C=O) groups is 2. The summed E-state index contributed by atoms with van der Waals surface area (Å²) >= 11 is 6.74. The number of halogens is 1. The quantitative estimate of drug-likeness (QED) is 0.791. The van der Waals surface area contributed by atoms with Crippen LogP contribution in [0.25, 0.3) is 6.08 Å². The lowest BCUT2D eigenvalue weighted by atomic mass is 10.2. The van der Waals surface area contributed by atoms with Gasteiger partial charge >= 0.3 is 0 Å². The molecule has 7 heteroatoms.